The summed E-state index contributed by atoms with van der Waals surface area (Å²) in [6, 6.07) is 1.63. The molecule has 0 saturated heterocycles. The summed E-state index contributed by atoms with van der Waals surface area (Å²) in [5, 5.41) is 12.5. The van der Waals surface area contributed by atoms with Crippen molar-refractivity contribution in [2.75, 3.05) is 18.9 Å². The summed E-state index contributed by atoms with van der Waals surface area (Å²) in [6.45, 7) is 0.732. The lowest BCUT2D eigenvalue weighted by Crippen LogP contribution is -2.14. The number of nitrogens with two attached hydrogens (primary N) is 1. The van der Waals surface area contributed by atoms with Crippen LogP contribution in [0, 0.1) is 0 Å². The van der Waals surface area contributed by atoms with Gasteiger partial charge in [0.15, 0.2) is 0 Å². The Morgan fingerprint density at radius 3 is 2.82 bits per heavy atom. The maximum atomic E-state index is 11.3. The minimum atomic E-state index is -0.310. The average Bonchev–Trinajstić information content (AvgIpc) is 2.69. The summed E-state index contributed by atoms with van der Waals surface area (Å²) < 4.78 is 6.48. The van der Waals surface area contributed by atoms with Crippen LogP contribution >= 0.6 is 0 Å². The number of aliphatic hydroxyl groups excluding tert-OH is 1. The van der Waals surface area contributed by atoms with Crippen molar-refractivity contribution in [3.63, 3.8) is 0 Å². The summed E-state index contributed by atoms with van der Waals surface area (Å²) in [5.74, 6) is 0.0806. The maximum Gasteiger partial charge on any atom is 0.327 e. The van der Waals surface area contributed by atoms with Crippen LogP contribution in [0.5, 0.6) is 0 Å². The average molecular weight is 241 g/mol. The molecule has 1 aromatic heterocycles. The van der Waals surface area contributed by atoms with Crippen molar-refractivity contribution in [1.82, 2.24) is 9.78 Å². The molecule has 0 saturated carbocycles. The van der Waals surface area contributed by atoms with Crippen molar-refractivity contribution in [2.45, 2.75) is 32.2 Å². The SMILES string of the molecule is Nc1ccn(CC(=O)OCCCCCCO)n1. The predicted molar refractivity (Wildman–Crippen MR) is 63.2 cm³/mol. The molecule has 0 aliphatic rings. The van der Waals surface area contributed by atoms with Gasteiger partial charge in [-0.2, -0.15) is 5.10 Å². The van der Waals surface area contributed by atoms with Crippen molar-refractivity contribution >= 4 is 11.8 Å². The molecule has 0 atom stereocenters. The van der Waals surface area contributed by atoms with E-state index < -0.39 is 0 Å². The van der Waals surface area contributed by atoms with Gasteiger partial charge in [-0.15, -0.1) is 0 Å². The van der Waals surface area contributed by atoms with E-state index >= 15 is 0 Å². The van der Waals surface area contributed by atoms with Crippen molar-refractivity contribution in [1.29, 1.82) is 0 Å². The zero-order valence-corrected chi connectivity index (χ0v) is 9.84. The highest BCUT2D eigenvalue weighted by Crippen LogP contribution is 2.00. The summed E-state index contributed by atoms with van der Waals surface area (Å²) in [6.07, 6.45) is 5.19. The molecule has 1 heterocycles. The minimum Gasteiger partial charge on any atom is -0.464 e. The third-order valence-electron chi connectivity index (χ3n) is 2.27. The molecular formula is C11H19N3O3. The molecule has 0 unspecified atom stereocenters. The second kappa shape index (κ2) is 7.67. The summed E-state index contributed by atoms with van der Waals surface area (Å²) >= 11 is 0. The number of aromatic nitrogens is 2. The molecule has 0 fully saturated rings. The molecule has 0 radical (unpaired) electrons. The Hall–Kier alpha value is -1.56. The fourth-order valence-corrected chi connectivity index (χ4v) is 1.40. The molecule has 0 spiro atoms. The Bertz CT molecular complexity index is 338. The fourth-order valence-electron chi connectivity index (χ4n) is 1.40. The van der Waals surface area contributed by atoms with E-state index in [0.29, 0.717) is 12.4 Å². The second-order valence-corrected chi connectivity index (χ2v) is 3.80. The number of carbonyl (C=O) groups is 1. The first-order chi connectivity index (χ1) is 8.22. The van der Waals surface area contributed by atoms with Gasteiger partial charge in [0.1, 0.15) is 12.4 Å². The van der Waals surface area contributed by atoms with Crippen molar-refractivity contribution < 1.29 is 14.6 Å². The molecule has 6 heteroatoms. The van der Waals surface area contributed by atoms with Gasteiger partial charge in [0, 0.05) is 12.8 Å². The standard InChI is InChI=1S/C11H19N3O3/c12-10-5-6-14(13-10)9-11(16)17-8-4-2-1-3-7-15/h5-6,15H,1-4,7-9H2,(H2,12,13). The molecule has 6 nitrogen and oxygen atoms in total. The smallest absolute Gasteiger partial charge is 0.327 e. The number of esters is 1. The number of nitrogens with zero attached hydrogens (tertiary/aromatic N) is 2. The number of unbranched alkanes of at least 4 members (excludes halogenated alkanes) is 3. The van der Waals surface area contributed by atoms with Crippen LogP contribution in [-0.2, 0) is 16.1 Å². The number of carbonyl (C=O) groups excluding carboxylic acids is 1. The number of hydrogen-bond acceptors (Lipinski definition) is 5. The van der Waals surface area contributed by atoms with Gasteiger partial charge < -0.3 is 15.6 Å². The van der Waals surface area contributed by atoms with Crippen LogP contribution in [0.3, 0.4) is 0 Å². The topological polar surface area (TPSA) is 90.4 Å². The van der Waals surface area contributed by atoms with Crippen LogP contribution < -0.4 is 5.73 Å². The highest BCUT2D eigenvalue weighted by Gasteiger charge is 2.04. The Morgan fingerprint density at radius 2 is 2.18 bits per heavy atom. The van der Waals surface area contributed by atoms with Crippen LogP contribution in [0.4, 0.5) is 5.82 Å². The van der Waals surface area contributed by atoms with Gasteiger partial charge in [0.2, 0.25) is 0 Å². The largest absolute Gasteiger partial charge is 0.464 e. The zero-order chi connectivity index (χ0) is 12.5. The third-order valence-corrected chi connectivity index (χ3v) is 2.27. The number of hydrogen-bond donors (Lipinski definition) is 2. The van der Waals surface area contributed by atoms with E-state index in [-0.39, 0.29) is 19.1 Å². The fraction of sp³-hybridized carbons (Fsp3) is 0.636. The maximum absolute atomic E-state index is 11.3. The molecule has 0 aliphatic carbocycles. The third kappa shape index (κ3) is 5.91. The Morgan fingerprint density at radius 1 is 1.41 bits per heavy atom. The number of anilines is 1. The molecule has 0 aromatic carbocycles. The van der Waals surface area contributed by atoms with Gasteiger partial charge in [-0.1, -0.05) is 6.42 Å². The Kier molecular flexibility index (Phi) is 6.09. The molecule has 3 N–H and O–H groups in total. The molecule has 0 aliphatic heterocycles. The lowest BCUT2D eigenvalue weighted by atomic mass is 10.2. The van der Waals surface area contributed by atoms with Gasteiger partial charge in [-0.25, -0.2) is 0 Å². The summed E-state index contributed by atoms with van der Waals surface area (Å²) in [4.78, 5) is 11.3. The minimum absolute atomic E-state index is 0.0911. The Labute approximate surface area is 100 Å². The lowest BCUT2D eigenvalue weighted by molar-refractivity contribution is -0.144. The quantitative estimate of drug-likeness (QED) is 0.512. The molecular weight excluding hydrogens is 222 g/mol. The molecule has 1 rings (SSSR count). The highest BCUT2D eigenvalue weighted by molar-refractivity contribution is 5.69. The van der Waals surface area contributed by atoms with E-state index in [1.807, 2.05) is 0 Å². The first-order valence-corrected chi connectivity index (χ1v) is 5.78. The first kappa shape index (κ1) is 13.5. The van der Waals surface area contributed by atoms with E-state index in [1.165, 1.54) is 4.68 Å². The van der Waals surface area contributed by atoms with Crippen LogP contribution in [0.2, 0.25) is 0 Å². The van der Waals surface area contributed by atoms with Crippen LogP contribution in [0.25, 0.3) is 0 Å². The molecule has 96 valence electrons. The van der Waals surface area contributed by atoms with Crippen LogP contribution in [0.15, 0.2) is 12.3 Å². The monoisotopic (exact) mass is 241 g/mol. The lowest BCUT2D eigenvalue weighted by Gasteiger charge is -2.04. The molecule has 0 amide bonds. The summed E-state index contributed by atoms with van der Waals surface area (Å²) in [5.41, 5.74) is 5.42. The summed E-state index contributed by atoms with van der Waals surface area (Å²) in [7, 11) is 0. The zero-order valence-electron chi connectivity index (χ0n) is 9.84. The highest BCUT2D eigenvalue weighted by atomic mass is 16.5. The van der Waals surface area contributed by atoms with E-state index in [0.717, 1.165) is 25.7 Å². The number of ether oxygens (including phenoxy) is 1. The first-order valence-electron chi connectivity index (χ1n) is 5.78. The molecule has 0 bridgehead atoms. The van der Waals surface area contributed by atoms with Gasteiger partial charge in [-0.3, -0.25) is 9.48 Å². The van der Waals surface area contributed by atoms with Crippen molar-refractivity contribution in [3.8, 4) is 0 Å². The normalized spacial score (nSPS) is 10.4. The van der Waals surface area contributed by atoms with Gasteiger partial charge in [0.25, 0.3) is 0 Å². The van der Waals surface area contributed by atoms with E-state index in [9.17, 15) is 4.79 Å². The van der Waals surface area contributed by atoms with Crippen LogP contribution in [-0.4, -0.2) is 34.1 Å². The van der Waals surface area contributed by atoms with Crippen molar-refractivity contribution in [2.24, 2.45) is 0 Å². The van der Waals surface area contributed by atoms with Crippen molar-refractivity contribution in [3.05, 3.63) is 12.3 Å². The van der Waals surface area contributed by atoms with E-state index in [4.69, 9.17) is 15.6 Å². The number of aliphatic hydroxyl groups is 1. The van der Waals surface area contributed by atoms with Gasteiger partial charge >= 0.3 is 5.97 Å². The van der Waals surface area contributed by atoms with E-state index in [1.54, 1.807) is 12.3 Å². The van der Waals surface area contributed by atoms with Gasteiger partial charge in [0.05, 0.1) is 6.61 Å². The number of nitrogen functional groups attached to an aromatic ring is 1. The van der Waals surface area contributed by atoms with E-state index in [2.05, 4.69) is 5.10 Å². The van der Waals surface area contributed by atoms with Gasteiger partial charge in [-0.05, 0) is 25.3 Å². The number of rotatable bonds is 8. The molecule has 1 aromatic rings. The van der Waals surface area contributed by atoms with Crippen LogP contribution in [0.1, 0.15) is 25.7 Å². The Balaban J connectivity index is 2.05. The molecule has 17 heavy (non-hydrogen) atoms. The second-order valence-electron chi connectivity index (χ2n) is 3.80. The predicted octanol–water partition coefficient (Wildman–Crippen LogP) is 0.561.